The molecule has 0 spiro atoms. The summed E-state index contributed by atoms with van der Waals surface area (Å²) in [6.07, 6.45) is 4.45. The Kier molecular flexibility index (Phi) is 14.0. The highest BCUT2D eigenvalue weighted by Gasteiger charge is 1.97. The lowest BCUT2D eigenvalue weighted by Crippen LogP contribution is -2.38. The summed E-state index contributed by atoms with van der Waals surface area (Å²) >= 11 is 0. The molecule has 0 aromatic rings. The number of nitrogens with zero attached hydrogens (tertiary/aromatic N) is 2. The molecule has 0 bridgehead atoms. The number of nitrogens with one attached hydrogen (secondary N) is 2. The number of ether oxygens (including phenoxy) is 1. The summed E-state index contributed by atoms with van der Waals surface area (Å²) in [6, 6.07) is 0. The van der Waals surface area contributed by atoms with Crippen molar-refractivity contribution in [2.75, 3.05) is 53.5 Å². The lowest BCUT2D eigenvalue weighted by molar-refractivity contribution is 0.130. The van der Waals surface area contributed by atoms with Crippen LogP contribution in [-0.4, -0.2) is 64.3 Å². The van der Waals surface area contributed by atoms with Crippen LogP contribution in [0, 0.1) is 0 Å². The van der Waals surface area contributed by atoms with Gasteiger partial charge in [0, 0.05) is 32.8 Å². The molecule has 120 valence electrons. The molecule has 0 rings (SSSR count). The molecular weight excluding hydrogens is 252 g/mol. The monoisotopic (exact) mass is 286 g/mol. The van der Waals surface area contributed by atoms with Crippen LogP contribution >= 0.6 is 0 Å². The molecule has 0 aliphatic carbocycles. The van der Waals surface area contributed by atoms with E-state index in [1.54, 1.807) is 0 Å². The minimum absolute atomic E-state index is 0.809. The Labute approximate surface area is 125 Å². The molecule has 0 fully saturated rings. The molecule has 0 aliphatic heterocycles. The van der Waals surface area contributed by atoms with E-state index in [4.69, 9.17) is 4.74 Å². The number of unbranched alkanes of at least 4 members (excludes halogenated alkanes) is 1. The molecule has 0 aromatic carbocycles. The maximum atomic E-state index is 5.53. The van der Waals surface area contributed by atoms with Crippen molar-refractivity contribution in [3.63, 3.8) is 0 Å². The molecule has 0 unspecified atom stereocenters. The molecule has 2 N–H and O–H groups in total. The van der Waals surface area contributed by atoms with Crippen molar-refractivity contribution in [1.29, 1.82) is 0 Å². The van der Waals surface area contributed by atoms with Crippen LogP contribution < -0.4 is 10.6 Å². The smallest absolute Gasteiger partial charge is 0.191 e. The lowest BCUT2D eigenvalue weighted by atomic mass is 10.4. The van der Waals surface area contributed by atoms with E-state index in [9.17, 15) is 0 Å². The number of guanidine groups is 1. The second-order valence-corrected chi connectivity index (χ2v) is 5.16. The highest BCUT2D eigenvalue weighted by molar-refractivity contribution is 5.79. The Balaban J connectivity index is 3.67. The van der Waals surface area contributed by atoms with Gasteiger partial charge in [0.2, 0.25) is 0 Å². The summed E-state index contributed by atoms with van der Waals surface area (Å²) in [7, 11) is 4.19. The largest absolute Gasteiger partial charge is 0.381 e. The minimum Gasteiger partial charge on any atom is -0.381 e. The average Bonchev–Trinajstić information content (AvgIpc) is 2.42. The quantitative estimate of drug-likeness (QED) is 0.326. The summed E-state index contributed by atoms with van der Waals surface area (Å²) in [4.78, 5) is 6.74. The first-order chi connectivity index (χ1) is 9.70. The van der Waals surface area contributed by atoms with Gasteiger partial charge in [0.25, 0.3) is 0 Å². The fraction of sp³-hybridized carbons (Fsp3) is 0.933. The van der Waals surface area contributed by atoms with E-state index in [0.29, 0.717) is 0 Å². The van der Waals surface area contributed by atoms with Crippen molar-refractivity contribution in [2.45, 2.75) is 39.5 Å². The SMILES string of the molecule is CCCCOCCCN=C(NCC)NCCCN(C)C. The van der Waals surface area contributed by atoms with E-state index in [2.05, 4.69) is 48.5 Å². The van der Waals surface area contributed by atoms with E-state index < -0.39 is 0 Å². The van der Waals surface area contributed by atoms with E-state index >= 15 is 0 Å². The van der Waals surface area contributed by atoms with Gasteiger partial charge in [-0.3, -0.25) is 4.99 Å². The summed E-state index contributed by atoms with van der Waals surface area (Å²) in [5.41, 5.74) is 0. The van der Waals surface area contributed by atoms with Crippen LogP contribution in [0.15, 0.2) is 4.99 Å². The molecule has 0 saturated heterocycles. The summed E-state index contributed by atoms with van der Waals surface area (Å²) in [5, 5.41) is 6.63. The van der Waals surface area contributed by atoms with Gasteiger partial charge in [-0.1, -0.05) is 13.3 Å². The molecule has 0 radical (unpaired) electrons. The fourth-order valence-electron chi connectivity index (χ4n) is 1.65. The highest BCUT2D eigenvalue weighted by atomic mass is 16.5. The second kappa shape index (κ2) is 14.6. The number of rotatable bonds is 12. The molecular formula is C15H34N4O. The van der Waals surface area contributed by atoms with Crippen molar-refractivity contribution in [3.8, 4) is 0 Å². The topological polar surface area (TPSA) is 48.9 Å². The Morgan fingerprint density at radius 1 is 1.05 bits per heavy atom. The standard InChI is InChI=1S/C15H34N4O/c1-5-7-13-20-14-9-11-18-15(16-6-2)17-10-8-12-19(3)4/h5-14H2,1-4H3,(H2,16,17,18). The maximum Gasteiger partial charge on any atom is 0.191 e. The Morgan fingerprint density at radius 2 is 1.80 bits per heavy atom. The van der Waals surface area contributed by atoms with Gasteiger partial charge in [-0.25, -0.2) is 0 Å². The second-order valence-electron chi connectivity index (χ2n) is 5.16. The average molecular weight is 286 g/mol. The molecule has 20 heavy (non-hydrogen) atoms. The van der Waals surface area contributed by atoms with Crippen molar-refractivity contribution in [2.24, 2.45) is 4.99 Å². The van der Waals surface area contributed by atoms with Gasteiger partial charge in [0.1, 0.15) is 0 Å². The Hall–Kier alpha value is -0.810. The molecule has 0 amide bonds. The third-order valence-corrected chi connectivity index (χ3v) is 2.78. The van der Waals surface area contributed by atoms with Gasteiger partial charge in [0.05, 0.1) is 0 Å². The molecule has 0 atom stereocenters. The number of hydrogen-bond donors (Lipinski definition) is 2. The number of hydrogen-bond acceptors (Lipinski definition) is 3. The van der Waals surface area contributed by atoms with Gasteiger partial charge in [-0.15, -0.1) is 0 Å². The van der Waals surface area contributed by atoms with Crippen molar-refractivity contribution in [1.82, 2.24) is 15.5 Å². The Morgan fingerprint density at radius 3 is 2.45 bits per heavy atom. The molecule has 0 heterocycles. The highest BCUT2D eigenvalue weighted by Crippen LogP contribution is 1.90. The maximum absolute atomic E-state index is 5.53. The van der Waals surface area contributed by atoms with Crippen LogP contribution in [-0.2, 0) is 4.74 Å². The lowest BCUT2D eigenvalue weighted by Gasteiger charge is -2.13. The fourth-order valence-corrected chi connectivity index (χ4v) is 1.65. The molecule has 5 nitrogen and oxygen atoms in total. The van der Waals surface area contributed by atoms with Crippen LogP contribution in [0.2, 0.25) is 0 Å². The zero-order valence-electron chi connectivity index (χ0n) is 13.9. The van der Waals surface area contributed by atoms with Crippen LogP contribution in [0.1, 0.15) is 39.5 Å². The number of aliphatic imine (C=N–C) groups is 1. The summed E-state index contributed by atoms with van der Waals surface area (Å²) in [6.45, 7) is 9.71. The van der Waals surface area contributed by atoms with Crippen LogP contribution in [0.25, 0.3) is 0 Å². The zero-order valence-corrected chi connectivity index (χ0v) is 13.9. The van der Waals surface area contributed by atoms with E-state index in [1.807, 2.05) is 0 Å². The predicted molar refractivity (Wildman–Crippen MR) is 87.5 cm³/mol. The van der Waals surface area contributed by atoms with Gasteiger partial charge < -0.3 is 20.3 Å². The van der Waals surface area contributed by atoms with Crippen LogP contribution in [0.3, 0.4) is 0 Å². The third kappa shape index (κ3) is 13.6. The van der Waals surface area contributed by atoms with Crippen molar-refractivity contribution < 1.29 is 4.74 Å². The molecule has 5 heteroatoms. The van der Waals surface area contributed by atoms with Gasteiger partial charge in [-0.2, -0.15) is 0 Å². The van der Waals surface area contributed by atoms with Crippen LogP contribution in [0.5, 0.6) is 0 Å². The van der Waals surface area contributed by atoms with E-state index in [0.717, 1.165) is 64.6 Å². The normalized spacial score (nSPS) is 11.9. The van der Waals surface area contributed by atoms with Gasteiger partial charge >= 0.3 is 0 Å². The first-order valence-electron chi connectivity index (χ1n) is 7.95. The van der Waals surface area contributed by atoms with E-state index in [1.165, 1.54) is 6.42 Å². The summed E-state index contributed by atoms with van der Waals surface area (Å²) < 4.78 is 5.53. The molecule has 0 saturated carbocycles. The minimum atomic E-state index is 0.809. The van der Waals surface area contributed by atoms with Gasteiger partial charge in [-0.05, 0) is 46.8 Å². The van der Waals surface area contributed by atoms with Crippen LogP contribution in [0.4, 0.5) is 0 Å². The first-order valence-corrected chi connectivity index (χ1v) is 7.95. The van der Waals surface area contributed by atoms with Gasteiger partial charge in [0.15, 0.2) is 5.96 Å². The molecule has 0 aliphatic rings. The van der Waals surface area contributed by atoms with Crippen molar-refractivity contribution >= 4 is 5.96 Å². The molecule has 0 aromatic heterocycles. The van der Waals surface area contributed by atoms with Crippen molar-refractivity contribution in [3.05, 3.63) is 0 Å². The first kappa shape index (κ1) is 19.2. The summed E-state index contributed by atoms with van der Waals surface area (Å²) in [5.74, 6) is 0.916. The zero-order chi connectivity index (χ0) is 15.1. The van der Waals surface area contributed by atoms with E-state index in [-0.39, 0.29) is 0 Å². The predicted octanol–water partition coefficient (Wildman–Crippen LogP) is 1.70. The third-order valence-electron chi connectivity index (χ3n) is 2.78. The Bertz CT molecular complexity index is 232.